The Hall–Kier alpha value is -0.900. The third-order valence-electron chi connectivity index (χ3n) is 3.75. The SMILES string of the molecule is Cc1ccc(C)c(CNCCCN2CCOCC2)c1. The highest BCUT2D eigenvalue weighted by Crippen LogP contribution is 2.10. The molecule has 2 rings (SSSR count). The van der Waals surface area contributed by atoms with Crippen LogP contribution in [0.25, 0.3) is 0 Å². The number of hydrogen-bond acceptors (Lipinski definition) is 3. The number of morpholine rings is 1. The summed E-state index contributed by atoms with van der Waals surface area (Å²) < 4.78 is 5.35. The Labute approximate surface area is 116 Å². The molecule has 1 aliphatic heterocycles. The molecule has 0 aliphatic carbocycles. The molecule has 3 nitrogen and oxygen atoms in total. The smallest absolute Gasteiger partial charge is 0.0594 e. The van der Waals surface area contributed by atoms with Crippen LogP contribution in [0, 0.1) is 13.8 Å². The van der Waals surface area contributed by atoms with Crippen molar-refractivity contribution in [3.8, 4) is 0 Å². The van der Waals surface area contributed by atoms with Gasteiger partial charge in [-0.3, -0.25) is 4.90 Å². The highest BCUT2D eigenvalue weighted by molar-refractivity contribution is 5.30. The first kappa shape index (κ1) is 14.5. The van der Waals surface area contributed by atoms with Crippen LogP contribution in [-0.2, 0) is 11.3 Å². The fourth-order valence-corrected chi connectivity index (χ4v) is 2.47. The number of hydrogen-bond donors (Lipinski definition) is 1. The topological polar surface area (TPSA) is 24.5 Å². The summed E-state index contributed by atoms with van der Waals surface area (Å²) >= 11 is 0. The van der Waals surface area contributed by atoms with Crippen molar-refractivity contribution in [2.45, 2.75) is 26.8 Å². The molecule has 1 saturated heterocycles. The number of nitrogens with one attached hydrogen (secondary N) is 1. The third-order valence-corrected chi connectivity index (χ3v) is 3.75. The lowest BCUT2D eigenvalue weighted by atomic mass is 10.1. The fraction of sp³-hybridized carbons (Fsp3) is 0.625. The predicted molar refractivity (Wildman–Crippen MR) is 79.5 cm³/mol. The van der Waals surface area contributed by atoms with Gasteiger partial charge in [-0.25, -0.2) is 0 Å². The van der Waals surface area contributed by atoms with Crippen molar-refractivity contribution in [1.82, 2.24) is 10.2 Å². The van der Waals surface area contributed by atoms with Gasteiger partial charge in [0, 0.05) is 19.6 Å². The van der Waals surface area contributed by atoms with Gasteiger partial charge in [0.1, 0.15) is 0 Å². The van der Waals surface area contributed by atoms with E-state index in [1.807, 2.05) is 0 Å². The molecule has 0 saturated carbocycles. The van der Waals surface area contributed by atoms with Gasteiger partial charge in [-0.15, -0.1) is 0 Å². The number of ether oxygens (including phenoxy) is 1. The van der Waals surface area contributed by atoms with Crippen LogP contribution >= 0.6 is 0 Å². The third kappa shape index (κ3) is 4.94. The molecule has 3 heteroatoms. The molecule has 0 amide bonds. The van der Waals surface area contributed by atoms with Gasteiger partial charge in [0.2, 0.25) is 0 Å². The first-order valence-corrected chi connectivity index (χ1v) is 7.32. The van der Waals surface area contributed by atoms with Gasteiger partial charge in [-0.1, -0.05) is 23.8 Å². The average molecular weight is 262 g/mol. The zero-order chi connectivity index (χ0) is 13.5. The van der Waals surface area contributed by atoms with Crippen molar-refractivity contribution in [3.05, 3.63) is 34.9 Å². The van der Waals surface area contributed by atoms with Gasteiger partial charge >= 0.3 is 0 Å². The molecule has 0 spiro atoms. The van der Waals surface area contributed by atoms with Crippen molar-refractivity contribution < 1.29 is 4.74 Å². The Balaban J connectivity index is 1.62. The Morgan fingerprint density at radius 3 is 2.79 bits per heavy atom. The summed E-state index contributed by atoms with van der Waals surface area (Å²) in [4.78, 5) is 2.49. The Bertz CT molecular complexity index is 386. The molecular formula is C16H26N2O. The Kier molecular flexibility index (Phi) is 5.83. The highest BCUT2D eigenvalue weighted by Gasteiger charge is 2.08. The molecule has 1 N–H and O–H groups in total. The number of benzene rings is 1. The quantitative estimate of drug-likeness (QED) is 0.795. The first-order chi connectivity index (χ1) is 9.25. The van der Waals surface area contributed by atoms with Crippen molar-refractivity contribution in [2.24, 2.45) is 0 Å². The van der Waals surface area contributed by atoms with Gasteiger partial charge in [-0.05, 0) is 44.5 Å². The summed E-state index contributed by atoms with van der Waals surface area (Å²) in [6.45, 7) is 11.6. The molecule has 106 valence electrons. The molecule has 1 aromatic carbocycles. The van der Waals surface area contributed by atoms with Crippen LogP contribution in [0.5, 0.6) is 0 Å². The van der Waals surface area contributed by atoms with Crippen molar-refractivity contribution >= 4 is 0 Å². The van der Waals surface area contributed by atoms with Gasteiger partial charge in [0.05, 0.1) is 13.2 Å². The summed E-state index contributed by atoms with van der Waals surface area (Å²) in [7, 11) is 0. The lowest BCUT2D eigenvalue weighted by Crippen LogP contribution is -2.37. The van der Waals surface area contributed by atoms with Gasteiger partial charge in [0.15, 0.2) is 0 Å². The zero-order valence-electron chi connectivity index (χ0n) is 12.2. The molecule has 1 heterocycles. The number of nitrogens with zero attached hydrogens (tertiary/aromatic N) is 1. The maximum atomic E-state index is 5.35. The number of rotatable bonds is 6. The van der Waals surface area contributed by atoms with E-state index in [-0.39, 0.29) is 0 Å². The zero-order valence-corrected chi connectivity index (χ0v) is 12.2. The van der Waals surface area contributed by atoms with Crippen LogP contribution < -0.4 is 5.32 Å². The second-order valence-corrected chi connectivity index (χ2v) is 5.41. The minimum Gasteiger partial charge on any atom is -0.379 e. The lowest BCUT2D eigenvalue weighted by molar-refractivity contribution is 0.0374. The second-order valence-electron chi connectivity index (χ2n) is 5.41. The summed E-state index contributed by atoms with van der Waals surface area (Å²) in [5.74, 6) is 0. The van der Waals surface area contributed by atoms with E-state index in [1.54, 1.807) is 0 Å². The monoisotopic (exact) mass is 262 g/mol. The van der Waals surface area contributed by atoms with Crippen LogP contribution in [0.4, 0.5) is 0 Å². The van der Waals surface area contributed by atoms with Crippen LogP contribution in [0.1, 0.15) is 23.1 Å². The summed E-state index contributed by atoms with van der Waals surface area (Å²) in [5, 5.41) is 3.55. The van der Waals surface area contributed by atoms with Crippen molar-refractivity contribution in [1.29, 1.82) is 0 Å². The lowest BCUT2D eigenvalue weighted by Gasteiger charge is -2.26. The molecule has 0 radical (unpaired) electrons. The Morgan fingerprint density at radius 2 is 2.00 bits per heavy atom. The minimum atomic E-state index is 0.899. The van der Waals surface area contributed by atoms with Crippen LogP contribution in [0.3, 0.4) is 0 Å². The Morgan fingerprint density at radius 1 is 1.21 bits per heavy atom. The maximum absolute atomic E-state index is 5.35. The van der Waals surface area contributed by atoms with Gasteiger partial charge in [0.25, 0.3) is 0 Å². The van der Waals surface area contributed by atoms with E-state index < -0.39 is 0 Å². The summed E-state index contributed by atoms with van der Waals surface area (Å²) in [5.41, 5.74) is 4.15. The molecule has 0 aromatic heterocycles. The normalized spacial score (nSPS) is 16.7. The van der Waals surface area contributed by atoms with Crippen molar-refractivity contribution in [2.75, 3.05) is 39.4 Å². The average Bonchev–Trinajstić information content (AvgIpc) is 2.43. The van der Waals surface area contributed by atoms with Crippen LogP contribution in [-0.4, -0.2) is 44.3 Å². The molecule has 1 aromatic rings. The molecule has 0 bridgehead atoms. The van der Waals surface area contributed by atoms with E-state index in [4.69, 9.17) is 4.74 Å². The molecule has 0 atom stereocenters. The fourth-order valence-electron chi connectivity index (χ4n) is 2.47. The van der Waals surface area contributed by atoms with E-state index in [9.17, 15) is 0 Å². The molecule has 1 aliphatic rings. The summed E-state index contributed by atoms with van der Waals surface area (Å²) in [6, 6.07) is 6.67. The van der Waals surface area contributed by atoms with E-state index >= 15 is 0 Å². The standard InChI is InChI=1S/C16H26N2O/c1-14-4-5-15(2)16(12-14)13-17-6-3-7-18-8-10-19-11-9-18/h4-5,12,17H,3,6-11,13H2,1-2H3. The molecule has 19 heavy (non-hydrogen) atoms. The van der Waals surface area contributed by atoms with Crippen LogP contribution in [0.2, 0.25) is 0 Å². The number of aryl methyl sites for hydroxylation is 2. The summed E-state index contributed by atoms with van der Waals surface area (Å²) in [6.07, 6.45) is 1.21. The van der Waals surface area contributed by atoms with E-state index in [0.717, 1.165) is 39.4 Å². The maximum Gasteiger partial charge on any atom is 0.0594 e. The molecule has 1 fully saturated rings. The minimum absolute atomic E-state index is 0.899. The van der Waals surface area contributed by atoms with Gasteiger partial charge < -0.3 is 10.1 Å². The van der Waals surface area contributed by atoms with E-state index in [0.29, 0.717) is 0 Å². The predicted octanol–water partition coefficient (Wildman–Crippen LogP) is 2.12. The first-order valence-electron chi connectivity index (χ1n) is 7.32. The van der Waals surface area contributed by atoms with Gasteiger partial charge in [-0.2, -0.15) is 0 Å². The molecular weight excluding hydrogens is 236 g/mol. The van der Waals surface area contributed by atoms with E-state index in [1.165, 1.54) is 29.7 Å². The molecule has 0 unspecified atom stereocenters. The van der Waals surface area contributed by atoms with Crippen molar-refractivity contribution in [3.63, 3.8) is 0 Å². The largest absolute Gasteiger partial charge is 0.379 e. The second kappa shape index (κ2) is 7.63. The highest BCUT2D eigenvalue weighted by atomic mass is 16.5. The van der Waals surface area contributed by atoms with E-state index in [2.05, 4.69) is 42.3 Å². The van der Waals surface area contributed by atoms with Crippen LogP contribution in [0.15, 0.2) is 18.2 Å².